The molecule has 140 valence electrons. The number of aryl methyl sites for hydroxylation is 1. The molecule has 2 heterocycles. The molecule has 0 atom stereocenters. The largest absolute Gasteiger partial charge is 0.507 e. The van der Waals surface area contributed by atoms with E-state index >= 15 is 0 Å². The molecule has 0 spiro atoms. The van der Waals surface area contributed by atoms with Gasteiger partial charge in [0.05, 0.1) is 16.3 Å². The highest BCUT2D eigenvalue weighted by Gasteiger charge is 2.12. The second-order valence-corrected chi connectivity index (χ2v) is 7.60. The first-order valence-corrected chi connectivity index (χ1v) is 9.88. The van der Waals surface area contributed by atoms with Gasteiger partial charge in [-0.3, -0.25) is 9.78 Å². The summed E-state index contributed by atoms with van der Waals surface area (Å²) < 4.78 is 0. The van der Waals surface area contributed by atoms with Crippen LogP contribution in [0.4, 0.5) is 0 Å². The molecule has 2 N–H and O–H groups in total. The summed E-state index contributed by atoms with van der Waals surface area (Å²) >= 11 is 1.62. The Hall–Kier alpha value is -2.73. The molecule has 3 aromatic rings. The van der Waals surface area contributed by atoms with Crippen molar-refractivity contribution in [2.75, 3.05) is 6.54 Å². The maximum absolute atomic E-state index is 12.3. The highest BCUT2D eigenvalue weighted by molar-refractivity contribution is 7.09. The number of benzene rings is 1. The molecule has 0 saturated carbocycles. The molecule has 0 aliphatic heterocycles. The van der Waals surface area contributed by atoms with Crippen molar-refractivity contribution in [3.63, 3.8) is 0 Å². The molecule has 1 amide bonds. The van der Waals surface area contributed by atoms with Crippen LogP contribution in [0, 0.1) is 0 Å². The number of aromatic hydroxyl groups is 1. The normalized spacial score (nSPS) is 10.9. The summed E-state index contributed by atoms with van der Waals surface area (Å²) in [6, 6.07) is 9.11. The standard InChI is InChI=1S/C21H23N3O2S/c1-14(2)16-5-6-17(19(25)12-16)21(26)23-9-3-4-20-24-18(13-27-20)15-7-10-22-11-8-15/h5-8,10-14,25H,3-4,9H2,1-2H3,(H,23,26). The number of rotatable bonds is 7. The van der Waals surface area contributed by atoms with Gasteiger partial charge in [-0.05, 0) is 42.2 Å². The lowest BCUT2D eigenvalue weighted by atomic mass is 10.0. The van der Waals surface area contributed by atoms with Crippen LogP contribution in [-0.2, 0) is 6.42 Å². The summed E-state index contributed by atoms with van der Waals surface area (Å²) in [5.74, 6) is 0.0865. The molecule has 5 nitrogen and oxygen atoms in total. The van der Waals surface area contributed by atoms with Gasteiger partial charge in [0.1, 0.15) is 5.75 Å². The van der Waals surface area contributed by atoms with Gasteiger partial charge in [0.25, 0.3) is 5.91 Å². The summed E-state index contributed by atoms with van der Waals surface area (Å²) in [5.41, 5.74) is 3.34. The number of pyridine rings is 1. The number of thiazole rings is 1. The van der Waals surface area contributed by atoms with Crippen LogP contribution < -0.4 is 5.32 Å². The Morgan fingerprint density at radius 3 is 2.70 bits per heavy atom. The minimum absolute atomic E-state index is 0.0283. The number of carbonyl (C=O) groups excluding carboxylic acids is 1. The number of nitrogens with one attached hydrogen (secondary N) is 1. The molecule has 0 fully saturated rings. The number of hydrogen-bond acceptors (Lipinski definition) is 5. The van der Waals surface area contributed by atoms with Gasteiger partial charge in [-0.1, -0.05) is 19.9 Å². The maximum atomic E-state index is 12.3. The number of amides is 1. The lowest BCUT2D eigenvalue weighted by molar-refractivity contribution is 0.0950. The number of phenols is 1. The zero-order chi connectivity index (χ0) is 19.2. The van der Waals surface area contributed by atoms with Crippen molar-refractivity contribution in [1.29, 1.82) is 0 Å². The first kappa shape index (κ1) is 19.0. The van der Waals surface area contributed by atoms with Gasteiger partial charge in [0.2, 0.25) is 0 Å². The molecule has 1 aromatic carbocycles. The van der Waals surface area contributed by atoms with E-state index < -0.39 is 0 Å². The zero-order valence-electron chi connectivity index (χ0n) is 15.5. The predicted octanol–water partition coefficient (Wildman–Crippen LogP) is 4.40. The topological polar surface area (TPSA) is 75.1 Å². The van der Waals surface area contributed by atoms with E-state index in [1.165, 1.54) is 0 Å². The Kier molecular flexibility index (Phi) is 6.19. The Bertz CT molecular complexity index is 907. The SMILES string of the molecule is CC(C)c1ccc(C(=O)NCCCc2nc(-c3ccncc3)cs2)c(O)c1. The second-order valence-electron chi connectivity index (χ2n) is 6.65. The van der Waals surface area contributed by atoms with E-state index in [-0.39, 0.29) is 11.7 Å². The minimum Gasteiger partial charge on any atom is -0.507 e. The molecule has 0 unspecified atom stereocenters. The Morgan fingerprint density at radius 1 is 1.22 bits per heavy atom. The molecule has 0 bridgehead atoms. The van der Waals surface area contributed by atoms with Gasteiger partial charge in [-0.15, -0.1) is 11.3 Å². The Morgan fingerprint density at radius 2 is 2.00 bits per heavy atom. The molecule has 6 heteroatoms. The molecule has 0 aliphatic carbocycles. The Balaban J connectivity index is 1.49. The van der Waals surface area contributed by atoms with E-state index in [4.69, 9.17) is 0 Å². The monoisotopic (exact) mass is 381 g/mol. The lowest BCUT2D eigenvalue weighted by Crippen LogP contribution is -2.24. The van der Waals surface area contributed by atoms with Crippen molar-refractivity contribution in [3.8, 4) is 17.0 Å². The van der Waals surface area contributed by atoms with E-state index in [9.17, 15) is 9.90 Å². The molecule has 3 rings (SSSR count). The summed E-state index contributed by atoms with van der Waals surface area (Å²) in [5, 5.41) is 16.0. The van der Waals surface area contributed by atoms with Crippen molar-refractivity contribution in [3.05, 3.63) is 64.2 Å². The highest BCUT2D eigenvalue weighted by atomic mass is 32.1. The number of carbonyl (C=O) groups is 1. The first-order chi connectivity index (χ1) is 13.0. The number of nitrogens with zero attached hydrogens (tertiary/aromatic N) is 2. The van der Waals surface area contributed by atoms with Crippen molar-refractivity contribution in [2.45, 2.75) is 32.6 Å². The summed E-state index contributed by atoms with van der Waals surface area (Å²) in [7, 11) is 0. The van der Waals surface area contributed by atoms with E-state index in [2.05, 4.69) is 15.3 Å². The fourth-order valence-corrected chi connectivity index (χ4v) is 3.57. The van der Waals surface area contributed by atoms with E-state index in [1.54, 1.807) is 35.9 Å². The smallest absolute Gasteiger partial charge is 0.255 e. The van der Waals surface area contributed by atoms with Gasteiger partial charge in [-0.2, -0.15) is 0 Å². The highest BCUT2D eigenvalue weighted by Crippen LogP contribution is 2.24. The minimum atomic E-state index is -0.251. The quantitative estimate of drug-likeness (QED) is 0.595. The van der Waals surface area contributed by atoms with E-state index in [1.807, 2.05) is 37.4 Å². The number of aromatic nitrogens is 2. The summed E-state index contributed by atoms with van der Waals surface area (Å²) in [6.45, 7) is 4.63. The van der Waals surface area contributed by atoms with Crippen LogP contribution in [0.15, 0.2) is 48.1 Å². The molecular weight excluding hydrogens is 358 g/mol. The molecular formula is C21H23N3O2S. The van der Waals surface area contributed by atoms with Crippen molar-refractivity contribution < 1.29 is 9.90 Å². The van der Waals surface area contributed by atoms with Crippen LogP contribution in [-0.4, -0.2) is 27.5 Å². The van der Waals surface area contributed by atoms with Crippen molar-refractivity contribution in [1.82, 2.24) is 15.3 Å². The van der Waals surface area contributed by atoms with Gasteiger partial charge >= 0.3 is 0 Å². The fourth-order valence-electron chi connectivity index (χ4n) is 2.72. The summed E-state index contributed by atoms with van der Waals surface area (Å²) in [6.07, 6.45) is 5.11. The first-order valence-electron chi connectivity index (χ1n) is 9.00. The number of hydrogen-bond donors (Lipinski definition) is 2. The van der Waals surface area contributed by atoms with E-state index in [0.29, 0.717) is 18.0 Å². The van der Waals surface area contributed by atoms with Gasteiger partial charge < -0.3 is 10.4 Å². The number of phenolic OH excluding ortho intramolecular Hbond substituents is 1. The second kappa shape index (κ2) is 8.77. The lowest BCUT2D eigenvalue weighted by Gasteiger charge is -2.10. The average molecular weight is 382 g/mol. The molecule has 0 radical (unpaired) electrons. The van der Waals surface area contributed by atoms with Gasteiger partial charge in [-0.25, -0.2) is 4.98 Å². The molecule has 0 aliphatic rings. The van der Waals surface area contributed by atoms with Crippen LogP contribution in [0.1, 0.15) is 47.1 Å². The maximum Gasteiger partial charge on any atom is 0.255 e. The van der Waals surface area contributed by atoms with E-state index in [0.717, 1.165) is 34.7 Å². The molecule has 0 saturated heterocycles. The summed E-state index contributed by atoms with van der Waals surface area (Å²) in [4.78, 5) is 20.9. The van der Waals surface area contributed by atoms with Crippen LogP contribution in [0.2, 0.25) is 0 Å². The van der Waals surface area contributed by atoms with Crippen LogP contribution >= 0.6 is 11.3 Å². The fraction of sp³-hybridized carbons (Fsp3) is 0.286. The van der Waals surface area contributed by atoms with Crippen LogP contribution in [0.5, 0.6) is 5.75 Å². The predicted molar refractivity (Wildman–Crippen MR) is 108 cm³/mol. The van der Waals surface area contributed by atoms with Gasteiger partial charge in [0, 0.05) is 36.3 Å². The van der Waals surface area contributed by atoms with Crippen LogP contribution in [0.25, 0.3) is 11.3 Å². The third-order valence-electron chi connectivity index (χ3n) is 4.31. The average Bonchev–Trinajstić information content (AvgIpc) is 3.14. The third-order valence-corrected chi connectivity index (χ3v) is 5.22. The van der Waals surface area contributed by atoms with Crippen molar-refractivity contribution in [2.24, 2.45) is 0 Å². The molecule has 2 aromatic heterocycles. The zero-order valence-corrected chi connectivity index (χ0v) is 16.3. The van der Waals surface area contributed by atoms with Crippen molar-refractivity contribution >= 4 is 17.2 Å². The van der Waals surface area contributed by atoms with Crippen LogP contribution in [0.3, 0.4) is 0 Å². The Labute approximate surface area is 163 Å². The third kappa shape index (κ3) is 4.92. The van der Waals surface area contributed by atoms with Gasteiger partial charge in [0.15, 0.2) is 0 Å². The molecule has 27 heavy (non-hydrogen) atoms.